The van der Waals surface area contributed by atoms with Gasteiger partial charge in [0.25, 0.3) is 0 Å². The van der Waals surface area contributed by atoms with Gasteiger partial charge in [-0.3, -0.25) is 0 Å². The summed E-state index contributed by atoms with van der Waals surface area (Å²) >= 11 is 0.300. The second kappa shape index (κ2) is 19.4. The summed E-state index contributed by atoms with van der Waals surface area (Å²) in [4.78, 5) is 0. The van der Waals surface area contributed by atoms with E-state index in [-0.39, 0.29) is 45.7 Å². The zero-order chi connectivity index (χ0) is 2.00. The molecule has 0 aliphatic carbocycles. The normalized spacial score (nSPS) is 1.00. The summed E-state index contributed by atoms with van der Waals surface area (Å²) in [5, 5.41) is 0. The molecule has 0 rings (SSSR count). The van der Waals surface area contributed by atoms with Gasteiger partial charge in [-0.25, -0.2) is 0 Å². The van der Waals surface area contributed by atoms with Crippen LogP contribution in [0.4, 0.5) is 0 Å². The van der Waals surface area contributed by atoms with Gasteiger partial charge in [0.15, 0.2) is 0 Å². The molecule has 0 unspecified atom stereocenters. The summed E-state index contributed by atoms with van der Waals surface area (Å²) in [5.74, 6) is 0. The Balaban J connectivity index is -0.00000000500. The molecule has 4 heavy (non-hydrogen) atoms. The van der Waals surface area contributed by atoms with E-state index < -0.39 is 0 Å². The van der Waals surface area contributed by atoms with Crippen molar-refractivity contribution in [3.63, 3.8) is 0 Å². The van der Waals surface area contributed by atoms with Crippen molar-refractivity contribution < 1.29 is 48.8 Å². The van der Waals surface area contributed by atoms with Crippen LogP contribution in [0, 0.1) is 0 Å². The van der Waals surface area contributed by atoms with Gasteiger partial charge in [-0.05, 0) is 0 Å². The fourth-order valence-corrected chi connectivity index (χ4v) is 0. The minimum atomic E-state index is 0. The van der Waals surface area contributed by atoms with Gasteiger partial charge in [-0.15, -0.1) is 0 Å². The van der Waals surface area contributed by atoms with Crippen molar-refractivity contribution in [2.75, 3.05) is 0 Å². The molecule has 0 saturated heterocycles. The maximum absolute atomic E-state index is 8.34. The third kappa shape index (κ3) is 8.93. The van der Waals surface area contributed by atoms with E-state index in [0.29, 0.717) is 22.5 Å². The summed E-state index contributed by atoms with van der Waals surface area (Å²) in [6, 6.07) is 0. The fourth-order valence-electron chi connectivity index (χ4n) is 0. The molecule has 4 heteroatoms. The molecule has 0 aromatic heterocycles. The summed E-state index contributed by atoms with van der Waals surface area (Å²) in [7, 11) is 0. The third-order valence-electron chi connectivity index (χ3n) is 0. The van der Waals surface area contributed by atoms with Crippen LogP contribution < -0.4 is 0 Å². The van der Waals surface area contributed by atoms with Crippen molar-refractivity contribution in [2.24, 2.45) is 0 Å². The topological polar surface area (TPSA) is 17.1 Å². The van der Waals surface area contributed by atoms with Crippen LogP contribution in [-0.4, -0.2) is 22.5 Å². The minimum Gasteiger partial charge on any atom is 0 e. The maximum Gasteiger partial charge on any atom is 0 e. The first-order valence-electron chi connectivity index (χ1n) is 0.204. The molecule has 2 radical (unpaired) electrons. The molecule has 1 nitrogen and oxygen atoms in total. The number of hydrogen-bond donors (Lipinski definition) is 0. The third-order valence-corrected chi connectivity index (χ3v) is 0. The smallest absolute Gasteiger partial charge is 0 e. The van der Waals surface area contributed by atoms with E-state index in [1.54, 1.807) is 0 Å². The molecule has 0 amide bonds. The minimum absolute atomic E-state index is 0. The summed E-state index contributed by atoms with van der Waals surface area (Å²) < 4.78 is 8.34. The predicted octanol–water partition coefficient (Wildman–Crippen LogP) is -0.505. The molecule has 0 atom stereocenters. The second-order valence-corrected chi connectivity index (χ2v) is 0. The van der Waals surface area contributed by atoms with Gasteiger partial charge in [0.2, 0.25) is 0 Å². The van der Waals surface area contributed by atoms with Gasteiger partial charge in [-0.2, -0.15) is 0 Å². The zero-order valence-electron chi connectivity index (χ0n) is 1.76. The molecule has 0 aromatic rings. The molecule has 0 aliphatic rings. The zero-order valence-corrected chi connectivity index (χ0v) is 8.81. The van der Waals surface area contributed by atoms with Gasteiger partial charge in [0.05, 0.1) is 0 Å². The van der Waals surface area contributed by atoms with Crippen molar-refractivity contribution in [1.82, 2.24) is 0 Å². The van der Waals surface area contributed by atoms with Crippen molar-refractivity contribution in [3.05, 3.63) is 0 Å². The van der Waals surface area contributed by atoms with Crippen molar-refractivity contribution in [1.29, 1.82) is 0 Å². The van der Waals surface area contributed by atoms with Crippen LogP contribution in [0.2, 0.25) is 0 Å². The molecule has 0 fully saturated rings. The van der Waals surface area contributed by atoms with Crippen LogP contribution >= 0.6 is 0 Å². The van der Waals surface area contributed by atoms with Crippen molar-refractivity contribution >= 4 is 22.5 Å². The Bertz CT molecular complexity index is 8.00. The van der Waals surface area contributed by atoms with Gasteiger partial charge in [-0.1, -0.05) is 0 Å². The quantitative estimate of drug-likeness (QED) is 0.548. The Morgan fingerprint density at radius 1 is 1.25 bits per heavy atom. The van der Waals surface area contributed by atoms with Gasteiger partial charge >= 0.3 is 25.6 Å². The Hall–Kier alpha value is 2.11. The van der Waals surface area contributed by atoms with Crippen molar-refractivity contribution in [3.8, 4) is 0 Å². The van der Waals surface area contributed by atoms with Crippen LogP contribution in [0.25, 0.3) is 0 Å². The predicted molar refractivity (Wildman–Crippen MR) is 6.44 cm³/mol. The van der Waals surface area contributed by atoms with Crippen LogP contribution in [0.3, 0.4) is 0 Å². The standard InChI is InChI=1S/O.Ru.Sn.Zr. The Morgan fingerprint density at radius 3 is 1.25 bits per heavy atom. The van der Waals surface area contributed by atoms with Crippen molar-refractivity contribution in [2.45, 2.75) is 0 Å². The van der Waals surface area contributed by atoms with Gasteiger partial charge < -0.3 is 0 Å². The Morgan fingerprint density at radius 2 is 1.25 bits per heavy atom. The molecule has 22 valence electrons. The van der Waals surface area contributed by atoms with E-state index in [1.165, 1.54) is 0 Å². The van der Waals surface area contributed by atoms with E-state index >= 15 is 0 Å². The second-order valence-electron chi connectivity index (χ2n) is 0. The largest absolute Gasteiger partial charge is 0 e. The van der Waals surface area contributed by atoms with E-state index in [1.807, 2.05) is 0 Å². The number of rotatable bonds is 0. The van der Waals surface area contributed by atoms with E-state index in [2.05, 4.69) is 0 Å². The maximum atomic E-state index is 8.34. The average molecular weight is 327 g/mol. The molecular weight excluding hydrogens is 327 g/mol. The van der Waals surface area contributed by atoms with Gasteiger partial charge in [0, 0.05) is 45.7 Å². The first-order chi connectivity index (χ1) is 1.00. The first kappa shape index (κ1) is 16.5. The van der Waals surface area contributed by atoms with E-state index in [9.17, 15) is 0 Å². The number of hydrogen-bond acceptors (Lipinski definition) is 1. The van der Waals surface area contributed by atoms with Crippen LogP contribution in [-0.2, 0) is 48.8 Å². The Kier molecular flexibility index (Phi) is 80.1. The van der Waals surface area contributed by atoms with Gasteiger partial charge in [0.1, 0.15) is 0 Å². The van der Waals surface area contributed by atoms with Crippen LogP contribution in [0.5, 0.6) is 0 Å². The molecule has 0 N–H and O–H groups in total. The molecule has 0 spiro atoms. The summed E-state index contributed by atoms with van der Waals surface area (Å²) in [6.45, 7) is 0. The summed E-state index contributed by atoms with van der Waals surface area (Å²) in [6.07, 6.45) is 0. The average Bonchev–Trinajstić information content (AvgIpc) is 1.00. The first-order valence-corrected chi connectivity index (χ1v) is 1.37. The molecular formula is ORuSnZr. The monoisotopic (exact) mass is 328 g/mol. The molecule has 0 aliphatic heterocycles. The SMILES string of the molecule is [O]=[Sn].[Ru].[Zr]. The molecule has 0 saturated carbocycles. The van der Waals surface area contributed by atoms with Crippen LogP contribution in [0.15, 0.2) is 0 Å². The summed E-state index contributed by atoms with van der Waals surface area (Å²) in [5.41, 5.74) is 0. The molecule has 0 aromatic carbocycles. The van der Waals surface area contributed by atoms with Crippen LogP contribution in [0.1, 0.15) is 0 Å². The molecule has 0 heterocycles. The van der Waals surface area contributed by atoms with E-state index in [4.69, 9.17) is 3.08 Å². The Labute approximate surface area is 70.3 Å². The fraction of sp³-hybridized carbons (Fsp3) is 0. The van der Waals surface area contributed by atoms with E-state index in [0.717, 1.165) is 0 Å². The molecule has 0 bridgehead atoms.